The molecule has 1 aromatic rings. The van der Waals surface area contributed by atoms with Crippen LogP contribution in [0.3, 0.4) is 0 Å². The molecule has 2 nitrogen and oxygen atoms in total. The normalized spacial score (nSPS) is 20.1. The Kier molecular flexibility index (Phi) is 6.97. The van der Waals surface area contributed by atoms with Crippen molar-refractivity contribution in [3.8, 4) is 0 Å². The van der Waals surface area contributed by atoms with Crippen LogP contribution in [-0.2, 0) is 6.42 Å². The Morgan fingerprint density at radius 2 is 1.90 bits per heavy atom. The monoisotopic (exact) mass is 322 g/mol. The summed E-state index contributed by atoms with van der Waals surface area (Å²) < 4.78 is 37.2. The van der Waals surface area contributed by atoms with Crippen molar-refractivity contribution < 1.29 is 13.2 Å². The quantitative estimate of drug-likeness (QED) is 0.911. The van der Waals surface area contributed by atoms with Gasteiger partial charge in [0.1, 0.15) is 0 Å². The molecular weight excluding hydrogens is 301 g/mol. The van der Waals surface area contributed by atoms with E-state index in [0.717, 1.165) is 18.5 Å². The van der Waals surface area contributed by atoms with Crippen molar-refractivity contribution in [1.29, 1.82) is 0 Å². The zero-order chi connectivity index (χ0) is 14.6. The van der Waals surface area contributed by atoms with Gasteiger partial charge in [0.25, 0.3) is 0 Å². The summed E-state index contributed by atoms with van der Waals surface area (Å²) in [7, 11) is 0. The third-order valence-corrected chi connectivity index (χ3v) is 3.81. The molecule has 21 heavy (non-hydrogen) atoms. The van der Waals surface area contributed by atoms with Gasteiger partial charge in [-0.15, -0.1) is 12.4 Å². The first-order valence-electron chi connectivity index (χ1n) is 7.10. The molecule has 1 heterocycles. The molecule has 0 radical (unpaired) electrons. The summed E-state index contributed by atoms with van der Waals surface area (Å²) in [5.41, 5.74) is 2.34. The highest BCUT2D eigenvalue weighted by Crippen LogP contribution is 2.26. The lowest BCUT2D eigenvalue weighted by Crippen LogP contribution is -2.46. The van der Waals surface area contributed by atoms with Crippen LogP contribution in [0.15, 0.2) is 24.3 Å². The molecule has 0 aromatic heterocycles. The number of aryl methyl sites for hydroxylation is 1. The Hall–Kier alpha value is -0.780. The van der Waals surface area contributed by atoms with Crippen LogP contribution >= 0.6 is 12.4 Å². The van der Waals surface area contributed by atoms with Gasteiger partial charge in [0.05, 0.1) is 6.42 Å². The predicted molar refractivity (Wildman–Crippen MR) is 80.9 cm³/mol. The zero-order valence-corrected chi connectivity index (χ0v) is 12.9. The Morgan fingerprint density at radius 3 is 2.48 bits per heavy atom. The average molecular weight is 323 g/mol. The lowest BCUT2D eigenvalue weighted by molar-refractivity contribution is -0.139. The first-order valence-corrected chi connectivity index (χ1v) is 7.10. The summed E-state index contributed by atoms with van der Waals surface area (Å²) in [6.07, 6.45) is -3.85. The van der Waals surface area contributed by atoms with E-state index in [4.69, 9.17) is 0 Å². The van der Waals surface area contributed by atoms with Gasteiger partial charge in [0.2, 0.25) is 0 Å². The minimum Gasteiger partial charge on any atom is -0.314 e. The second-order valence-corrected chi connectivity index (χ2v) is 5.22. The summed E-state index contributed by atoms with van der Waals surface area (Å²) in [6.45, 7) is 4.29. The van der Waals surface area contributed by atoms with Crippen molar-refractivity contribution in [1.82, 2.24) is 10.2 Å². The summed E-state index contributed by atoms with van der Waals surface area (Å²) in [5, 5.41) is 3.27. The highest BCUT2D eigenvalue weighted by Gasteiger charge is 2.31. The molecule has 6 heteroatoms. The fraction of sp³-hybridized carbons (Fsp3) is 0.600. The number of rotatable bonds is 4. The van der Waals surface area contributed by atoms with Crippen molar-refractivity contribution in [3.05, 3.63) is 35.4 Å². The van der Waals surface area contributed by atoms with Crippen molar-refractivity contribution in [2.45, 2.75) is 32.0 Å². The molecule has 1 atom stereocenters. The van der Waals surface area contributed by atoms with Gasteiger partial charge in [-0.2, -0.15) is 13.2 Å². The Morgan fingerprint density at radius 1 is 1.24 bits per heavy atom. The number of halogens is 4. The van der Waals surface area contributed by atoms with Gasteiger partial charge in [-0.1, -0.05) is 31.2 Å². The van der Waals surface area contributed by atoms with E-state index in [1.807, 2.05) is 17.0 Å². The van der Waals surface area contributed by atoms with Crippen LogP contribution in [0.1, 0.15) is 30.5 Å². The van der Waals surface area contributed by atoms with E-state index in [0.29, 0.717) is 13.1 Å². The van der Waals surface area contributed by atoms with Crippen molar-refractivity contribution in [2.75, 3.05) is 26.2 Å². The van der Waals surface area contributed by atoms with Crippen molar-refractivity contribution in [2.24, 2.45) is 0 Å². The van der Waals surface area contributed by atoms with E-state index in [2.05, 4.69) is 24.4 Å². The van der Waals surface area contributed by atoms with Gasteiger partial charge in [0.15, 0.2) is 0 Å². The van der Waals surface area contributed by atoms with Crippen LogP contribution in [0.5, 0.6) is 0 Å². The molecule has 0 saturated carbocycles. The highest BCUT2D eigenvalue weighted by atomic mass is 35.5. The van der Waals surface area contributed by atoms with E-state index < -0.39 is 12.6 Å². The topological polar surface area (TPSA) is 15.3 Å². The average Bonchev–Trinajstić information content (AvgIpc) is 2.45. The first-order chi connectivity index (χ1) is 9.49. The third-order valence-electron chi connectivity index (χ3n) is 3.81. The second-order valence-electron chi connectivity index (χ2n) is 5.22. The van der Waals surface area contributed by atoms with E-state index >= 15 is 0 Å². The van der Waals surface area contributed by atoms with Crippen molar-refractivity contribution >= 4 is 12.4 Å². The Bertz CT molecular complexity index is 420. The minimum absolute atomic E-state index is 0. The largest absolute Gasteiger partial charge is 0.390 e. The molecule has 1 aromatic carbocycles. The number of piperazine rings is 1. The zero-order valence-electron chi connectivity index (χ0n) is 12.1. The molecule has 120 valence electrons. The SMILES string of the molecule is CCc1ccc(C2CNCCN2CCC(F)(F)F)cc1.Cl. The number of nitrogens with one attached hydrogen (secondary N) is 1. The molecule has 1 aliphatic rings. The predicted octanol–water partition coefficient (Wildman–Crippen LogP) is 3.57. The van der Waals surface area contributed by atoms with Crippen molar-refractivity contribution in [3.63, 3.8) is 0 Å². The third kappa shape index (κ3) is 5.49. The molecule has 1 saturated heterocycles. The van der Waals surface area contributed by atoms with Gasteiger partial charge in [-0.05, 0) is 17.5 Å². The van der Waals surface area contributed by atoms with Crippen LogP contribution in [0.2, 0.25) is 0 Å². The minimum atomic E-state index is -4.08. The van der Waals surface area contributed by atoms with Crippen LogP contribution < -0.4 is 5.32 Å². The standard InChI is InChI=1S/C15H21F3N2.ClH/c1-2-12-3-5-13(6-4-12)14-11-19-8-10-20(14)9-7-15(16,17)18;/h3-6,14,19H,2,7-11H2,1H3;1H. The molecule has 1 N–H and O–H groups in total. The summed E-state index contributed by atoms with van der Waals surface area (Å²) >= 11 is 0. The van der Waals surface area contributed by atoms with E-state index in [9.17, 15) is 13.2 Å². The fourth-order valence-electron chi connectivity index (χ4n) is 2.59. The molecule has 1 fully saturated rings. The lowest BCUT2D eigenvalue weighted by atomic mass is 10.0. The molecule has 0 aliphatic carbocycles. The van der Waals surface area contributed by atoms with Crippen LogP contribution in [0.25, 0.3) is 0 Å². The summed E-state index contributed by atoms with van der Waals surface area (Å²) in [5.74, 6) is 0. The number of nitrogens with zero attached hydrogens (tertiary/aromatic N) is 1. The van der Waals surface area contributed by atoms with E-state index in [1.54, 1.807) is 0 Å². The maximum absolute atomic E-state index is 12.4. The molecule has 1 unspecified atom stereocenters. The number of benzene rings is 1. The van der Waals surface area contributed by atoms with Crippen LogP contribution in [-0.4, -0.2) is 37.3 Å². The molecule has 0 bridgehead atoms. The van der Waals surface area contributed by atoms with Crippen LogP contribution in [0, 0.1) is 0 Å². The first kappa shape index (κ1) is 18.3. The smallest absolute Gasteiger partial charge is 0.314 e. The Balaban J connectivity index is 0.00000220. The number of hydrogen-bond acceptors (Lipinski definition) is 2. The highest BCUT2D eigenvalue weighted by molar-refractivity contribution is 5.85. The number of hydrogen-bond donors (Lipinski definition) is 1. The molecule has 0 spiro atoms. The lowest BCUT2D eigenvalue weighted by Gasteiger charge is -2.36. The summed E-state index contributed by atoms with van der Waals surface area (Å²) in [4.78, 5) is 1.94. The van der Waals surface area contributed by atoms with Gasteiger partial charge in [-0.25, -0.2) is 0 Å². The fourth-order valence-corrected chi connectivity index (χ4v) is 2.59. The van der Waals surface area contributed by atoms with Crippen LogP contribution in [0.4, 0.5) is 13.2 Å². The molecule has 1 aliphatic heterocycles. The molecule has 0 amide bonds. The number of alkyl halides is 3. The maximum Gasteiger partial charge on any atom is 0.390 e. The maximum atomic E-state index is 12.4. The van der Waals surface area contributed by atoms with Gasteiger partial charge >= 0.3 is 6.18 Å². The molecule has 2 rings (SSSR count). The second kappa shape index (κ2) is 8.01. The van der Waals surface area contributed by atoms with Gasteiger partial charge in [0, 0.05) is 32.2 Å². The Labute approximate surface area is 130 Å². The summed E-state index contributed by atoms with van der Waals surface area (Å²) in [6, 6.07) is 8.24. The van der Waals surface area contributed by atoms with Gasteiger partial charge in [-0.3, -0.25) is 4.90 Å². The van der Waals surface area contributed by atoms with Gasteiger partial charge < -0.3 is 5.32 Å². The molecular formula is C15H22ClF3N2. The van der Waals surface area contributed by atoms with E-state index in [-0.39, 0.29) is 25.0 Å². The van der Waals surface area contributed by atoms with E-state index in [1.165, 1.54) is 5.56 Å².